The van der Waals surface area contributed by atoms with Crippen LogP contribution in [0.15, 0.2) is 65.8 Å². The van der Waals surface area contributed by atoms with Gasteiger partial charge in [0.1, 0.15) is 18.5 Å². The number of benzene rings is 2. The van der Waals surface area contributed by atoms with Crippen molar-refractivity contribution < 1.29 is 19.5 Å². The fourth-order valence-corrected chi connectivity index (χ4v) is 2.44. The second kappa shape index (κ2) is 8.31. The Morgan fingerprint density at radius 1 is 1.11 bits per heavy atom. The van der Waals surface area contributed by atoms with E-state index in [1.165, 1.54) is 6.92 Å². The van der Waals surface area contributed by atoms with Crippen LogP contribution in [0.2, 0.25) is 0 Å². The largest absolute Gasteiger partial charge is 0.487 e. The molecule has 1 atom stereocenters. The van der Waals surface area contributed by atoms with Crippen LogP contribution in [-0.4, -0.2) is 21.8 Å². The van der Waals surface area contributed by atoms with Crippen molar-refractivity contribution in [1.82, 2.24) is 4.98 Å². The van der Waals surface area contributed by atoms with Gasteiger partial charge in [-0.05, 0) is 43.7 Å². The number of aromatic nitrogens is 1. The normalized spacial score (nSPS) is 12.6. The fraction of sp³-hybridized carbons (Fsp3) is 0.190. The van der Waals surface area contributed by atoms with Crippen LogP contribution < -0.4 is 4.74 Å². The van der Waals surface area contributed by atoms with Gasteiger partial charge in [0, 0.05) is 5.39 Å². The average Bonchev–Trinajstić information content (AvgIpc) is 2.70. The van der Waals surface area contributed by atoms with Crippen molar-refractivity contribution in [2.75, 3.05) is 0 Å². The number of para-hydroxylation sites is 1. The third-order valence-electron chi connectivity index (χ3n) is 4.05. The number of pyridine rings is 1. The summed E-state index contributed by atoms with van der Waals surface area (Å²) in [5, 5.41) is 13.5. The maximum atomic E-state index is 10.7. The van der Waals surface area contributed by atoms with Crippen LogP contribution in [0, 0.1) is 0 Å². The number of nitrogens with zero attached hydrogens (tertiary/aromatic N) is 2. The van der Waals surface area contributed by atoms with Crippen LogP contribution in [-0.2, 0) is 16.2 Å². The van der Waals surface area contributed by atoms with Crippen LogP contribution in [0.5, 0.6) is 5.75 Å². The molecule has 0 spiro atoms. The summed E-state index contributed by atoms with van der Waals surface area (Å²) in [7, 11) is 0. The molecule has 0 fully saturated rings. The summed E-state index contributed by atoms with van der Waals surface area (Å²) in [4.78, 5) is 20.5. The number of hydrogen-bond donors (Lipinski definition) is 1. The quantitative estimate of drug-likeness (QED) is 0.498. The topological polar surface area (TPSA) is 81.0 Å². The van der Waals surface area contributed by atoms with Gasteiger partial charge in [0.15, 0.2) is 5.71 Å². The average molecular weight is 364 g/mol. The van der Waals surface area contributed by atoms with Crippen LogP contribution in [0.1, 0.15) is 31.2 Å². The van der Waals surface area contributed by atoms with Crippen LogP contribution in [0.4, 0.5) is 0 Å². The minimum absolute atomic E-state index is 0.0929. The molecule has 0 unspecified atom stereocenters. The van der Waals surface area contributed by atoms with E-state index in [1.807, 2.05) is 60.7 Å². The zero-order valence-electron chi connectivity index (χ0n) is 15.1. The van der Waals surface area contributed by atoms with Crippen LogP contribution in [0.3, 0.4) is 0 Å². The number of carbonyl (C=O) groups is 1. The highest BCUT2D eigenvalue weighted by molar-refractivity contribution is 6.34. The molecule has 1 aromatic heterocycles. The van der Waals surface area contributed by atoms with E-state index in [-0.39, 0.29) is 11.8 Å². The molecule has 0 aliphatic carbocycles. The Morgan fingerprint density at radius 2 is 1.85 bits per heavy atom. The minimum Gasteiger partial charge on any atom is -0.487 e. The van der Waals surface area contributed by atoms with Gasteiger partial charge >= 0.3 is 5.97 Å². The van der Waals surface area contributed by atoms with Crippen LogP contribution in [0.25, 0.3) is 10.9 Å². The summed E-state index contributed by atoms with van der Waals surface area (Å²) in [6.45, 7) is 3.55. The first-order valence-electron chi connectivity index (χ1n) is 8.54. The highest BCUT2D eigenvalue weighted by Crippen LogP contribution is 2.21. The number of oxime groups is 1. The lowest BCUT2D eigenvalue weighted by Gasteiger charge is -2.12. The van der Waals surface area contributed by atoms with Crippen molar-refractivity contribution in [2.24, 2.45) is 5.16 Å². The van der Waals surface area contributed by atoms with Gasteiger partial charge in [0.05, 0.1) is 11.2 Å². The highest BCUT2D eigenvalue weighted by Gasteiger charge is 2.09. The van der Waals surface area contributed by atoms with Crippen molar-refractivity contribution in [3.05, 3.63) is 71.9 Å². The van der Waals surface area contributed by atoms with E-state index < -0.39 is 5.97 Å². The molecule has 6 nitrogen and oxygen atoms in total. The molecule has 1 heterocycles. The number of ether oxygens (including phenoxy) is 1. The molecule has 3 aromatic rings. The van der Waals surface area contributed by atoms with Crippen molar-refractivity contribution in [3.8, 4) is 5.75 Å². The first-order chi connectivity index (χ1) is 13.0. The van der Waals surface area contributed by atoms with Crippen LogP contribution >= 0.6 is 0 Å². The van der Waals surface area contributed by atoms with E-state index in [4.69, 9.17) is 14.7 Å². The molecule has 138 valence electrons. The highest BCUT2D eigenvalue weighted by atomic mass is 16.6. The van der Waals surface area contributed by atoms with Gasteiger partial charge in [-0.3, -0.25) is 0 Å². The zero-order chi connectivity index (χ0) is 19.2. The van der Waals surface area contributed by atoms with Crippen molar-refractivity contribution >= 4 is 22.6 Å². The van der Waals surface area contributed by atoms with Gasteiger partial charge in [-0.1, -0.05) is 41.6 Å². The van der Waals surface area contributed by atoms with E-state index in [1.54, 1.807) is 6.92 Å². The Hall–Kier alpha value is -3.41. The van der Waals surface area contributed by atoms with Crippen molar-refractivity contribution in [3.63, 3.8) is 0 Å². The molecule has 0 bridgehead atoms. The number of rotatable bonds is 7. The smallest absolute Gasteiger partial charge is 0.353 e. The summed E-state index contributed by atoms with van der Waals surface area (Å²) >= 11 is 0. The van der Waals surface area contributed by atoms with Gasteiger partial charge < -0.3 is 14.7 Å². The van der Waals surface area contributed by atoms with Crippen molar-refractivity contribution in [1.29, 1.82) is 0 Å². The van der Waals surface area contributed by atoms with Gasteiger partial charge in [0.2, 0.25) is 0 Å². The predicted octanol–water partition coefficient (Wildman–Crippen LogP) is 4.35. The minimum atomic E-state index is -1.10. The molecule has 6 heteroatoms. The fourth-order valence-electron chi connectivity index (χ4n) is 2.44. The first kappa shape index (κ1) is 18.4. The maximum absolute atomic E-state index is 10.7. The Kier molecular flexibility index (Phi) is 5.66. The Morgan fingerprint density at radius 3 is 2.59 bits per heavy atom. The Bertz CT molecular complexity index is 967. The SMILES string of the molecule is C/C(=N\O[C@@H](C)c1ccc(OCc2ccc3ccccc3n2)cc1)C(=O)O. The van der Waals surface area contributed by atoms with E-state index >= 15 is 0 Å². The molecule has 3 rings (SSSR count). The Labute approximate surface area is 157 Å². The summed E-state index contributed by atoms with van der Waals surface area (Å²) in [6.07, 6.45) is -0.365. The summed E-state index contributed by atoms with van der Waals surface area (Å²) in [5.74, 6) is -0.389. The third-order valence-corrected chi connectivity index (χ3v) is 4.05. The lowest BCUT2D eigenvalue weighted by atomic mass is 10.1. The van der Waals surface area contributed by atoms with E-state index in [2.05, 4.69) is 10.1 Å². The molecular weight excluding hydrogens is 344 g/mol. The molecule has 2 aromatic carbocycles. The molecule has 0 aliphatic heterocycles. The number of hydrogen-bond acceptors (Lipinski definition) is 5. The summed E-state index contributed by atoms with van der Waals surface area (Å²) in [5.41, 5.74) is 2.57. The molecule has 0 amide bonds. The molecule has 0 saturated heterocycles. The number of aliphatic carboxylic acids is 1. The zero-order valence-corrected chi connectivity index (χ0v) is 15.1. The third kappa shape index (κ3) is 4.82. The lowest BCUT2D eigenvalue weighted by Crippen LogP contribution is -2.09. The van der Waals surface area contributed by atoms with Gasteiger partial charge in [0.25, 0.3) is 0 Å². The first-order valence-corrected chi connectivity index (χ1v) is 8.54. The number of carboxylic acids is 1. The Balaban J connectivity index is 1.59. The number of fused-ring (bicyclic) bond motifs is 1. The molecular formula is C21H20N2O4. The van der Waals surface area contributed by atoms with Crippen molar-refractivity contribution in [2.45, 2.75) is 26.6 Å². The molecule has 0 radical (unpaired) electrons. The molecule has 27 heavy (non-hydrogen) atoms. The monoisotopic (exact) mass is 364 g/mol. The predicted molar refractivity (Wildman–Crippen MR) is 103 cm³/mol. The standard InChI is InChI=1S/C21H20N2O4/c1-14(21(24)25)23-27-15(2)16-8-11-19(12-9-16)26-13-18-10-7-17-5-3-4-6-20(17)22-18/h3-12,15H,13H2,1-2H3,(H,24,25)/b23-14+/t15-/m0/s1. The molecule has 0 aliphatic rings. The van der Waals surface area contributed by atoms with Gasteiger partial charge in [-0.15, -0.1) is 0 Å². The second-order valence-corrected chi connectivity index (χ2v) is 6.08. The lowest BCUT2D eigenvalue weighted by molar-refractivity contribution is -0.129. The molecule has 1 N–H and O–H groups in total. The van der Waals surface area contributed by atoms with Gasteiger partial charge in [-0.2, -0.15) is 0 Å². The number of carboxylic acid groups (broad SMARTS) is 1. The summed E-state index contributed by atoms with van der Waals surface area (Å²) < 4.78 is 5.80. The van der Waals surface area contributed by atoms with E-state index in [0.29, 0.717) is 12.4 Å². The maximum Gasteiger partial charge on any atom is 0.353 e. The molecule has 0 saturated carbocycles. The second-order valence-electron chi connectivity index (χ2n) is 6.08. The summed E-state index contributed by atoms with van der Waals surface area (Å²) in [6, 6.07) is 19.3. The van der Waals surface area contributed by atoms with E-state index in [0.717, 1.165) is 22.2 Å². The van der Waals surface area contributed by atoms with E-state index in [9.17, 15) is 4.79 Å². The van der Waals surface area contributed by atoms with Gasteiger partial charge in [-0.25, -0.2) is 9.78 Å².